The predicted molar refractivity (Wildman–Crippen MR) is 137 cm³/mol. The molecule has 0 spiro atoms. The summed E-state index contributed by atoms with van der Waals surface area (Å²) in [7, 11) is 1.52. The SMILES string of the molecule is CCC(NC(=O)N1C(=O)[C@H](Cc2ccnc(N)c2)[C@H]1C(=O)N(C)c1ccncc1)c1cccc(C(F)(F)F)c1. The van der Waals surface area contributed by atoms with E-state index in [9.17, 15) is 27.6 Å². The van der Waals surface area contributed by atoms with E-state index in [1.165, 1.54) is 42.7 Å². The van der Waals surface area contributed by atoms with Gasteiger partial charge in [-0.2, -0.15) is 13.2 Å². The highest BCUT2D eigenvalue weighted by Crippen LogP contribution is 2.34. The molecule has 1 aliphatic heterocycles. The van der Waals surface area contributed by atoms with Crippen LogP contribution in [0.4, 0.5) is 29.5 Å². The predicted octanol–water partition coefficient (Wildman–Crippen LogP) is 3.97. The maximum absolute atomic E-state index is 13.6. The number of rotatable bonds is 7. The Hall–Kier alpha value is -4.48. The molecule has 3 heterocycles. The van der Waals surface area contributed by atoms with Gasteiger partial charge < -0.3 is 16.0 Å². The van der Waals surface area contributed by atoms with Gasteiger partial charge in [-0.25, -0.2) is 9.78 Å². The van der Waals surface area contributed by atoms with Crippen molar-refractivity contribution in [1.29, 1.82) is 0 Å². The number of likely N-dealkylation sites (N-methyl/N-ethyl adjacent to an activating group) is 1. The fraction of sp³-hybridized carbons (Fsp3) is 0.296. The van der Waals surface area contributed by atoms with Crippen LogP contribution in [0.3, 0.4) is 0 Å². The summed E-state index contributed by atoms with van der Waals surface area (Å²) in [6, 6.07) is 8.28. The maximum Gasteiger partial charge on any atom is 0.416 e. The van der Waals surface area contributed by atoms with E-state index in [-0.39, 0.29) is 24.2 Å². The van der Waals surface area contributed by atoms with E-state index >= 15 is 0 Å². The molecule has 9 nitrogen and oxygen atoms in total. The molecule has 1 fully saturated rings. The second kappa shape index (κ2) is 11.1. The minimum Gasteiger partial charge on any atom is -0.384 e. The van der Waals surface area contributed by atoms with Crippen LogP contribution in [0.1, 0.15) is 36.1 Å². The highest BCUT2D eigenvalue weighted by Gasteiger charge is 2.55. The molecule has 12 heteroatoms. The van der Waals surface area contributed by atoms with Gasteiger partial charge in [-0.1, -0.05) is 19.1 Å². The largest absolute Gasteiger partial charge is 0.416 e. The lowest BCUT2D eigenvalue weighted by Gasteiger charge is -2.46. The van der Waals surface area contributed by atoms with E-state index < -0.39 is 47.6 Å². The van der Waals surface area contributed by atoms with Crippen LogP contribution in [0.5, 0.6) is 0 Å². The fourth-order valence-electron chi connectivity index (χ4n) is 4.60. The molecule has 3 aromatic rings. The van der Waals surface area contributed by atoms with Crippen molar-refractivity contribution in [3.05, 3.63) is 83.8 Å². The molecule has 1 saturated heterocycles. The van der Waals surface area contributed by atoms with Gasteiger partial charge in [0.25, 0.3) is 5.91 Å². The van der Waals surface area contributed by atoms with Crippen LogP contribution in [-0.4, -0.2) is 45.8 Å². The average molecular weight is 541 g/mol. The molecule has 0 saturated carbocycles. The number of urea groups is 1. The number of anilines is 2. The monoisotopic (exact) mass is 540 g/mol. The molecule has 0 radical (unpaired) electrons. The van der Waals surface area contributed by atoms with Gasteiger partial charge in [0.15, 0.2) is 0 Å². The summed E-state index contributed by atoms with van der Waals surface area (Å²) < 4.78 is 39.7. The molecule has 2 aromatic heterocycles. The molecular formula is C27H27F3N6O3. The normalized spacial score (nSPS) is 17.8. The lowest BCUT2D eigenvalue weighted by atomic mass is 9.81. The van der Waals surface area contributed by atoms with Gasteiger partial charge in [-0.05, 0) is 60.4 Å². The minimum absolute atomic E-state index is 0.140. The molecule has 0 aliphatic carbocycles. The van der Waals surface area contributed by atoms with Gasteiger partial charge in [0, 0.05) is 31.3 Å². The van der Waals surface area contributed by atoms with Gasteiger partial charge >= 0.3 is 12.2 Å². The summed E-state index contributed by atoms with van der Waals surface area (Å²) >= 11 is 0. The number of imide groups is 1. The first-order valence-corrected chi connectivity index (χ1v) is 12.2. The standard InChI is InChI=1S/C27H27F3N6O3/c1-3-21(17-5-4-6-18(15-17)27(28,29)30)34-26(39)36-23(25(38)35(2)19-8-10-32-11-9-19)20(24(36)37)13-16-7-12-33-22(31)14-16/h4-12,14-15,20-21,23H,3,13H2,1-2H3,(H2,31,33)(H,34,39)/t20-,21?,23+/m1/s1. The molecule has 1 aromatic carbocycles. The van der Waals surface area contributed by atoms with Gasteiger partial charge in [-0.15, -0.1) is 0 Å². The third-order valence-corrected chi connectivity index (χ3v) is 6.69. The number of carbonyl (C=O) groups excluding carboxylic acids is 3. The van der Waals surface area contributed by atoms with Crippen molar-refractivity contribution >= 4 is 29.4 Å². The first-order chi connectivity index (χ1) is 18.5. The van der Waals surface area contributed by atoms with Crippen LogP contribution in [0, 0.1) is 5.92 Å². The average Bonchev–Trinajstić information content (AvgIpc) is 2.92. The van der Waals surface area contributed by atoms with Gasteiger partial charge in [0.05, 0.1) is 17.5 Å². The van der Waals surface area contributed by atoms with Gasteiger partial charge in [0.1, 0.15) is 11.9 Å². The van der Waals surface area contributed by atoms with Crippen molar-refractivity contribution in [3.63, 3.8) is 0 Å². The fourth-order valence-corrected chi connectivity index (χ4v) is 4.60. The summed E-state index contributed by atoms with van der Waals surface area (Å²) in [5, 5.41) is 2.64. The van der Waals surface area contributed by atoms with Crippen molar-refractivity contribution in [2.45, 2.75) is 38.0 Å². The lowest BCUT2D eigenvalue weighted by Crippen LogP contribution is -2.70. The van der Waals surface area contributed by atoms with Crippen molar-refractivity contribution in [2.24, 2.45) is 5.92 Å². The van der Waals surface area contributed by atoms with E-state index in [1.54, 1.807) is 31.2 Å². The molecule has 1 unspecified atom stereocenters. The van der Waals surface area contributed by atoms with Crippen molar-refractivity contribution in [3.8, 4) is 0 Å². The van der Waals surface area contributed by atoms with Crippen LogP contribution in [0.25, 0.3) is 0 Å². The Morgan fingerprint density at radius 1 is 1.13 bits per heavy atom. The van der Waals surface area contributed by atoms with Crippen molar-refractivity contribution in [1.82, 2.24) is 20.2 Å². The topological polar surface area (TPSA) is 122 Å². The van der Waals surface area contributed by atoms with Crippen molar-refractivity contribution in [2.75, 3.05) is 17.7 Å². The first kappa shape index (κ1) is 27.6. The smallest absolute Gasteiger partial charge is 0.384 e. The summed E-state index contributed by atoms with van der Waals surface area (Å²) in [5.74, 6) is -1.70. The van der Waals surface area contributed by atoms with E-state index in [1.807, 2.05) is 0 Å². The number of nitrogens with zero attached hydrogens (tertiary/aromatic N) is 4. The summed E-state index contributed by atoms with van der Waals surface area (Å²) in [6.07, 6.45) is 0.343. The summed E-state index contributed by atoms with van der Waals surface area (Å²) in [6.45, 7) is 1.69. The van der Waals surface area contributed by atoms with Crippen LogP contribution in [-0.2, 0) is 22.2 Å². The molecule has 1 aliphatic rings. The number of carbonyl (C=O) groups is 3. The third-order valence-electron chi connectivity index (χ3n) is 6.69. The van der Waals surface area contributed by atoms with Crippen LogP contribution >= 0.6 is 0 Å². The van der Waals surface area contributed by atoms with Crippen LogP contribution < -0.4 is 16.0 Å². The second-order valence-corrected chi connectivity index (χ2v) is 9.19. The van der Waals surface area contributed by atoms with E-state index in [0.29, 0.717) is 11.3 Å². The number of hydrogen-bond donors (Lipinski definition) is 2. The summed E-state index contributed by atoms with van der Waals surface area (Å²) in [4.78, 5) is 50.2. The van der Waals surface area contributed by atoms with Gasteiger partial charge in [-0.3, -0.25) is 19.5 Å². The van der Waals surface area contributed by atoms with E-state index in [2.05, 4.69) is 15.3 Å². The van der Waals surface area contributed by atoms with Crippen LogP contribution in [0.15, 0.2) is 67.1 Å². The Kier molecular flexibility index (Phi) is 7.84. The molecule has 39 heavy (non-hydrogen) atoms. The molecule has 4 rings (SSSR count). The number of aromatic nitrogens is 2. The van der Waals surface area contributed by atoms with E-state index in [4.69, 9.17) is 5.73 Å². The zero-order chi connectivity index (χ0) is 28.3. The Morgan fingerprint density at radius 3 is 2.49 bits per heavy atom. The second-order valence-electron chi connectivity index (χ2n) is 9.19. The number of alkyl halides is 3. The number of hydrogen-bond acceptors (Lipinski definition) is 6. The molecule has 3 atom stereocenters. The Balaban J connectivity index is 1.60. The number of nitrogens with one attached hydrogen (secondary N) is 1. The Morgan fingerprint density at radius 2 is 1.85 bits per heavy atom. The lowest BCUT2D eigenvalue weighted by molar-refractivity contribution is -0.156. The first-order valence-electron chi connectivity index (χ1n) is 12.2. The number of halogens is 3. The Bertz CT molecular complexity index is 1370. The molecule has 3 N–H and O–H groups in total. The Labute approximate surface area is 222 Å². The van der Waals surface area contributed by atoms with Crippen molar-refractivity contribution < 1.29 is 27.6 Å². The number of likely N-dealkylation sites (tertiary alicyclic amines) is 1. The number of nitrogen functional groups attached to an aromatic ring is 1. The van der Waals surface area contributed by atoms with Gasteiger partial charge in [0.2, 0.25) is 5.91 Å². The number of pyridine rings is 2. The number of amides is 4. The number of nitrogens with two attached hydrogens (primary N) is 1. The molecular weight excluding hydrogens is 513 g/mol. The highest BCUT2D eigenvalue weighted by molar-refractivity contribution is 6.12. The molecule has 0 bridgehead atoms. The summed E-state index contributed by atoms with van der Waals surface area (Å²) in [5.41, 5.74) is 6.32. The molecule has 4 amide bonds. The zero-order valence-corrected chi connectivity index (χ0v) is 21.2. The highest BCUT2D eigenvalue weighted by atomic mass is 19.4. The number of β-lactam (4-membered cyclic amide) rings is 1. The minimum atomic E-state index is -4.55. The molecule has 204 valence electrons. The van der Waals surface area contributed by atoms with E-state index in [0.717, 1.165) is 17.0 Å². The third kappa shape index (κ3) is 5.84. The maximum atomic E-state index is 13.6. The van der Waals surface area contributed by atoms with Crippen LogP contribution in [0.2, 0.25) is 0 Å². The number of benzene rings is 1. The zero-order valence-electron chi connectivity index (χ0n) is 21.2. The quantitative estimate of drug-likeness (QED) is 0.438.